The van der Waals surface area contributed by atoms with E-state index in [0.717, 1.165) is 38.1 Å². The fourth-order valence-electron chi connectivity index (χ4n) is 3.21. The molecule has 1 aromatic rings. The van der Waals surface area contributed by atoms with Crippen molar-refractivity contribution in [2.24, 2.45) is 11.8 Å². The van der Waals surface area contributed by atoms with Crippen LogP contribution >= 0.6 is 0 Å². The number of esters is 1. The van der Waals surface area contributed by atoms with Gasteiger partial charge in [-0.1, -0.05) is 24.3 Å². The number of carbonyl (C=O) groups excluding carboxylic acids is 1. The number of quaternary nitrogens is 1. The third kappa shape index (κ3) is 4.85. The molecule has 1 saturated carbocycles. The van der Waals surface area contributed by atoms with Crippen LogP contribution in [0, 0.1) is 18.8 Å². The Kier molecular flexibility index (Phi) is 6.24. The van der Waals surface area contributed by atoms with Crippen LogP contribution in [0.2, 0.25) is 0 Å². The first kappa shape index (κ1) is 16.0. The normalized spacial score (nSPS) is 22.0. The standard InChI is InChI=1S/C18H27NO2/c1-3-21-18(20)16-10-8-15(9-11-16)12-19-13-17-7-5-4-6-14(17)2/h4-7,15-16,19H,3,8-13H2,1-2H3/p+1. The van der Waals surface area contributed by atoms with E-state index in [2.05, 4.69) is 36.5 Å². The average Bonchev–Trinajstić information content (AvgIpc) is 2.50. The van der Waals surface area contributed by atoms with Crippen molar-refractivity contribution in [1.29, 1.82) is 0 Å². The van der Waals surface area contributed by atoms with Crippen molar-refractivity contribution in [3.63, 3.8) is 0 Å². The Morgan fingerprint density at radius 2 is 1.95 bits per heavy atom. The van der Waals surface area contributed by atoms with Crippen molar-refractivity contribution in [1.82, 2.24) is 0 Å². The van der Waals surface area contributed by atoms with Gasteiger partial charge in [-0.3, -0.25) is 4.79 Å². The summed E-state index contributed by atoms with van der Waals surface area (Å²) in [6.07, 6.45) is 4.32. The number of carbonyl (C=O) groups is 1. The average molecular weight is 290 g/mol. The number of nitrogens with two attached hydrogens (primary N) is 1. The van der Waals surface area contributed by atoms with Crippen LogP contribution in [-0.4, -0.2) is 19.1 Å². The fourth-order valence-corrected chi connectivity index (χ4v) is 3.21. The summed E-state index contributed by atoms with van der Waals surface area (Å²) in [7, 11) is 0. The highest BCUT2D eigenvalue weighted by molar-refractivity contribution is 5.72. The van der Waals surface area contributed by atoms with E-state index in [0.29, 0.717) is 6.61 Å². The molecule has 0 amide bonds. The van der Waals surface area contributed by atoms with E-state index in [1.165, 1.54) is 17.7 Å². The minimum atomic E-state index is 0.0137. The monoisotopic (exact) mass is 290 g/mol. The second-order valence-electron chi connectivity index (χ2n) is 6.12. The molecule has 0 bridgehead atoms. The number of ether oxygens (including phenoxy) is 1. The summed E-state index contributed by atoms with van der Waals surface area (Å²) in [6.45, 7) is 6.79. The van der Waals surface area contributed by atoms with Crippen LogP contribution in [0.1, 0.15) is 43.7 Å². The van der Waals surface area contributed by atoms with Gasteiger partial charge < -0.3 is 10.1 Å². The molecular formula is C18H28NO2+. The summed E-state index contributed by atoms with van der Waals surface area (Å²) in [4.78, 5) is 11.7. The summed E-state index contributed by atoms with van der Waals surface area (Å²) < 4.78 is 5.12. The molecular weight excluding hydrogens is 262 g/mol. The lowest BCUT2D eigenvalue weighted by Crippen LogP contribution is -2.84. The van der Waals surface area contributed by atoms with E-state index >= 15 is 0 Å². The number of benzene rings is 1. The van der Waals surface area contributed by atoms with Gasteiger partial charge in [0, 0.05) is 11.5 Å². The number of aryl methyl sites for hydroxylation is 1. The van der Waals surface area contributed by atoms with Gasteiger partial charge in [-0.15, -0.1) is 0 Å². The minimum absolute atomic E-state index is 0.0137. The van der Waals surface area contributed by atoms with E-state index in [9.17, 15) is 4.79 Å². The van der Waals surface area contributed by atoms with Crippen molar-refractivity contribution >= 4 is 5.97 Å². The number of rotatable bonds is 6. The van der Waals surface area contributed by atoms with Crippen molar-refractivity contribution in [2.45, 2.75) is 46.1 Å². The van der Waals surface area contributed by atoms with Crippen LogP contribution in [0.25, 0.3) is 0 Å². The SMILES string of the molecule is CCOC(=O)C1CCC(C[NH2+]Cc2ccccc2C)CC1. The summed E-state index contributed by atoms with van der Waals surface area (Å²) in [6, 6.07) is 8.59. The molecule has 0 radical (unpaired) electrons. The quantitative estimate of drug-likeness (QED) is 0.818. The van der Waals surface area contributed by atoms with E-state index in [1.54, 1.807) is 0 Å². The molecule has 2 rings (SSSR count). The third-order valence-corrected chi connectivity index (χ3v) is 4.59. The van der Waals surface area contributed by atoms with Gasteiger partial charge in [-0.05, 0) is 45.1 Å². The Morgan fingerprint density at radius 3 is 2.62 bits per heavy atom. The second kappa shape index (κ2) is 8.18. The van der Waals surface area contributed by atoms with E-state index in [4.69, 9.17) is 4.74 Å². The molecule has 1 aromatic carbocycles. The minimum Gasteiger partial charge on any atom is -0.466 e. The maximum absolute atomic E-state index is 11.7. The largest absolute Gasteiger partial charge is 0.466 e. The summed E-state index contributed by atoms with van der Waals surface area (Å²) >= 11 is 0. The maximum Gasteiger partial charge on any atom is 0.308 e. The topological polar surface area (TPSA) is 42.9 Å². The second-order valence-corrected chi connectivity index (χ2v) is 6.12. The molecule has 1 aliphatic rings. The van der Waals surface area contributed by atoms with Gasteiger partial charge in [0.15, 0.2) is 0 Å². The van der Waals surface area contributed by atoms with Crippen molar-refractivity contribution in [2.75, 3.05) is 13.2 Å². The molecule has 116 valence electrons. The van der Waals surface area contributed by atoms with E-state index in [1.807, 2.05) is 6.92 Å². The highest BCUT2D eigenvalue weighted by atomic mass is 16.5. The lowest BCUT2D eigenvalue weighted by atomic mass is 9.82. The van der Waals surface area contributed by atoms with Crippen LogP contribution in [-0.2, 0) is 16.1 Å². The molecule has 0 unspecified atom stereocenters. The van der Waals surface area contributed by atoms with Gasteiger partial charge in [0.1, 0.15) is 6.54 Å². The van der Waals surface area contributed by atoms with Crippen LogP contribution in [0.4, 0.5) is 0 Å². The van der Waals surface area contributed by atoms with E-state index < -0.39 is 0 Å². The van der Waals surface area contributed by atoms with Crippen LogP contribution in [0.3, 0.4) is 0 Å². The zero-order valence-corrected chi connectivity index (χ0v) is 13.3. The van der Waals surface area contributed by atoms with Gasteiger partial charge in [-0.2, -0.15) is 0 Å². The van der Waals surface area contributed by atoms with Gasteiger partial charge in [0.05, 0.1) is 19.1 Å². The highest BCUT2D eigenvalue weighted by Gasteiger charge is 2.27. The van der Waals surface area contributed by atoms with Crippen LogP contribution in [0.15, 0.2) is 24.3 Å². The smallest absolute Gasteiger partial charge is 0.308 e. The zero-order chi connectivity index (χ0) is 15.1. The van der Waals surface area contributed by atoms with Gasteiger partial charge >= 0.3 is 5.97 Å². The maximum atomic E-state index is 11.7. The molecule has 1 fully saturated rings. The Morgan fingerprint density at radius 1 is 1.24 bits per heavy atom. The molecule has 1 aliphatic carbocycles. The van der Waals surface area contributed by atoms with Gasteiger partial charge in [0.25, 0.3) is 0 Å². The lowest BCUT2D eigenvalue weighted by Gasteiger charge is -2.26. The van der Waals surface area contributed by atoms with E-state index in [-0.39, 0.29) is 11.9 Å². The Labute approximate surface area is 128 Å². The molecule has 21 heavy (non-hydrogen) atoms. The molecule has 0 aromatic heterocycles. The van der Waals surface area contributed by atoms with Crippen molar-refractivity contribution in [3.8, 4) is 0 Å². The molecule has 0 aliphatic heterocycles. The molecule has 3 nitrogen and oxygen atoms in total. The lowest BCUT2D eigenvalue weighted by molar-refractivity contribution is -0.676. The fraction of sp³-hybridized carbons (Fsp3) is 0.611. The molecule has 3 heteroatoms. The first-order chi connectivity index (χ1) is 10.2. The number of hydrogen-bond acceptors (Lipinski definition) is 2. The Balaban J connectivity index is 1.67. The van der Waals surface area contributed by atoms with Crippen LogP contribution in [0.5, 0.6) is 0 Å². The Bertz CT molecular complexity index is 450. The highest BCUT2D eigenvalue weighted by Crippen LogP contribution is 2.28. The molecule has 0 saturated heterocycles. The summed E-state index contributed by atoms with van der Waals surface area (Å²) in [5, 5.41) is 2.41. The van der Waals surface area contributed by atoms with Gasteiger partial charge in [-0.25, -0.2) is 0 Å². The molecule has 0 heterocycles. The molecule has 2 N–H and O–H groups in total. The van der Waals surface area contributed by atoms with Crippen molar-refractivity contribution < 1.29 is 14.8 Å². The third-order valence-electron chi connectivity index (χ3n) is 4.59. The predicted molar refractivity (Wildman–Crippen MR) is 83.8 cm³/mol. The molecule has 0 atom stereocenters. The summed E-state index contributed by atoms with van der Waals surface area (Å²) in [5.74, 6) is 0.914. The zero-order valence-electron chi connectivity index (χ0n) is 13.3. The van der Waals surface area contributed by atoms with Crippen LogP contribution < -0.4 is 5.32 Å². The molecule has 0 spiro atoms. The van der Waals surface area contributed by atoms with Gasteiger partial charge in [0.2, 0.25) is 0 Å². The predicted octanol–water partition coefficient (Wildman–Crippen LogP) is 2.43. The first-order valence-corrected chi connectivity index (χ1v) is 8.23. The number of hydrogen-bond donors (Lipinski definition) is 1. The van der Waals surface area contributed by atoms with Crippen molar-refractivity contribution in [3.05, 3.63) is 35.4 Å². The summed E-state index contributed by atoms with van der Waals surface area (Å²) in [5.41, 5.74) is 2.80. The Hall–Kier alpha value is -1.35. The first-order valence-electron chi connectivity index (χ1n) is 8.23.